The number of hydrogen-bond donors (Lipinski definition) is 1. The van der Waals surface area contributed by atoms with Crippen LogP contribution in [0.15, 0.2) is 24.7 Å². The monoisotopic (exact) mass is 287 g/mol. The Balaban J connectivity index is 1.59. The zero-order valence-electron chi connectivity index (χ0n) is 12.3. The molecular formula is C15H21N5O. The first kappa shape index (κ1) is 14.2. The number of hydrogen-bond acceptors (Lipinski definition) is 5. The Morgan fingerprint density at radius 3 is 2.95 bits per heavy atom. The van der Waals surface area contributed by atoms with Crippen LogP contribution in [-0.4, -0.2) is 45.3 Å². The van der Waals surface area contributed by atoms with E-state index < -0.39 is 0 Å². The molecule has 1 fully saturated rings. The van der Waals surface area contributed by atoms with Gasteiger partial charge in [0.2, 0.25) is 0 Å². The van der Waals surface area contributed by atoms with Crippen molar-refractivity contribution in [2.24, 2.45) is 0 Å². The molecule has 0 radical (unpaired) electrons. The molecular weight excluding hydrogens is 266 g/mol. The predicted molar refractivity (Wildman–Crippen MR) is 78.6 cm³/mol. The van der Waals surface area contributed by atoms with Gasteiger partial charge >= 0.3 is 0 Å². The van der Waals surface area contributed by atoms with Crippen LogP contribution in [0.3, 0.4) is 0 Å². The fraction of sp³-hybridized carbons (Fsp3) is 0.533. The lowest BCUT2D eigenvalue weighted by molar-refractivity contribution is 0.177. The first-order chi connectivity index (χ1) is 10.3. The molecule has 21 heavy (non-hydrogen) atoms. The van der Waals surface area contributed by atoms with Gasteiger partial charge in [-0.05, 0) is 25.5 Å². The second-order valence-electron chi connectivity index (χ2n) is 5.53. The third kappa shape index (κ3) is 3.65. The van der Waals surface area contributed by atoms with Crippen molar-refractivity contribution in [2.75, 3.05) is 20.2 Å². The summed E-state index contributed by atoms with van der Waals surface area (Å²) in [6.07, 6.45) is 8.08. The third-order valence-electron chi connectivity index (χ3n) is 3.91. The van der Waals surface area contributed by atoms with E-state index in [2.05, 4.69) is 31.1 Å². The van der Waals surface area contributed by atoms with Gasteiger partial charge in [-0.25, -0.2) is 9.97 Å². The van der Waals surface area contributed by atoms with Crippen LogP contribution in [0.2, 0.25) is 0 Å². The Kier molecular flexibility index (Phi) is 4.57. The average molecular weight is 287 g/mol. The third-order valence-corrected chi connectivity index (χ3v) is 3.91. The molecule has 0 aliphatic carbocycles. The highest BCUT2D eigenvalue weighted by atomic mass is 16.5. The van der Waals surface area contributed by atoms with Crippen LogP contribution in [0.1, 0.15) is 35.8 Å². The summed E-state index contributed by atoms with van der Waals surface area (Å²) in [5.74, 6) is 1.28. The fourth-order valence-corrected chi connectivity index (χ4v) is 2.87. The number of H-pyrrole nitrogens is 1. The standard InChI is InChI=1S/C15H21N5O/c1-21-11-15-16-7-12(8-17-15)9-20-6-2-3-13(10-20)14-4-5-18-19-14/h4-5,7-8,13H,2-3,6,9-11H2,1H3,(H,18,19)/t13-/m0/s1. The molecule has 1 atom stereocenters. The summed E-state index contributed by atoms with van der Waals surface area (Å²) in [5, 5.41) is 7.16. The number of nitrogens with one attached hydrogen (secondary N) is 1. The minimum atomic E-state index is 0.464. The highest BCUT2D eigenvalue weighted by Gasteiger charge is 2.22. The van der Waals surface area contributed by atoms with Gasteiger partial charge in [0.05, 0.1) is 0 Å². The first-order valence-electron chi connectivity index (χ1n) is 7.35. The molecule has 6 nitrogen and oxygen atoms in total. The Hall–Kier alpha value is -1.79. The summed E-state index contributed by atoms with van der Waals surface area (Å²) in [6, 6.07) is 2.08. The Labute approximate surface area is 124 Å². The number of nitrogens with zero attached hydrogens (tertiary/aromatic N) is 4. The molecule has 2 aromatic heterocycles. The van der Waals surface area contributed by atoms with Gasteiger partial charge in [0.15, 0.2) is 5.82 Å². The Morgan fingerprint density at radius 1 is 1.38 bits per heavy atom. The molecule has 2 aromatic rings. The number of aromatic nitrogens is 4. The second kappa shape index (κ2) is 6.78. The van der Waals surface area contributed by atoms with Gasteiger partial charge in [-0.1, -0.05) is 0 Å². The van der Waals surface area contributed by atoms with Crippen molar-refractivity contribution in [3.8, 4) is 0 Å². The van der Waals surface area contributed by atoms with E-state index in [9.17, 15) is 0 Å². The summed E-state index contributed by atoms with van der Waals surface area (Å²) >= 11 is 0. The molecule has 1 saturated heterocycles. The van der Waals surface area contributed by atoms with E-state index in [0.29, 0.717) is 12.5 Å². The van der Waals surface area contributed by atoms with E-state index in [4.69, 9.17) is 4.74 Å². The molecule has 1 aliphatic rings. The predicted octanol–water partition coefficient (Wildman–Crippen LogP) is 1.73. The number of aromatic amines is 1. The van der Waals surface area contributed by atoms with Gasteiger partial charge in [0.25, 0.3) is 0 Å². The van der Waals surface area contributed by atoms with Crippen LogP contribution in [0.25, 0.3) is 0 Å². The topological polar surface area (TPSA) is 66.9 Å². The van der Waals surface area contributed by atoms with E-state index in [-0.39, 0.29) is 0 Å². The maximum absolute atomic E-state index is 5.03. The lowest BCUT2D eigenvalue weighted by atomic mass is 9.95. The minimum absolute atomic E-state index is 0.464. The number of methoxy groups -OCH3 is 1. The molecule has 3 heterocycles. The van der Waals surface area contributed by atoms with Gasteiger partial charge in [-0.2, -0.15) is 5.10 Å². The molecule has 1 aliphatic heterocycles. The van der Waals surface area contributed by atoms with Crippen LogP contribution >= 0.6 is 0 Å². The Bertz CT molecular complexity index is 540. The first-order valence-corrected chi connectivity index (χ1v) is 7.35. The quantitative estimate of drug-likeness (QED) is 0.907. The molecule has 0 unspecified atom stereocenters. The van der Waals surface area contributed by atoms with Crippen molar-refractivity contribution in [3.05, 3.63) is 41.7 Å². The van der Waals surface area contributed by atoms with Gasteiger partial charge in [0, 0.05) is 56.0 Å². The normalized spacial score (nSPS) is 19.8. The van der Waals surface area contributed by atoms with Gasteiger partial charge < -0.3 is 4.74 Å². The zero-order valence-corrected chi connectivity index (χ0v) is 12.3. The fourth-order valence-electron chi connectivity index (χ4n) is 2.87. The maximum Gasteiger partial charge on any atom is 0.153 e. The van der Waals surface area contributed by atoms with E-state index in [0.717, 1.165) is 31.0 Å². The average Bonchev–Trinajstić information content (AvgIpc) is 3.04. The smallest absolute Gasteiger partial charge is 0.153 e. The number of ether oxygens (including phenoxy) is 1. The lowest BCUT2D eigenvalue weighted by Crippen LogP contribution is -2.34. The molecule has 0 saturated carbocycles. The SMILES string of the molecule is COCc1ncc(CN2CCC[C@H](c3ccn[nH]3)C2)cn1. The maximum atomic E-state index is 5.03. The minimum Gasteiger partial charge on any atom is -0.377 e. The molecule has 0 bridgehead atoms. The second-order valence-corrected chi connectivity index (χ2v) is 5.53. The molecule has 112 valence electrons. The summed E-state index contributed by atoms with van der Waals surface area (Å²) in [4.78, 5) is 11.1. The summed E-state index contributed by atoms with van der Waals surface area (Å²) in [7, 11) is 1.65. The summed E-state index contributed by atoms with van der Waals surface area (Å²) in [5.41, 5.74) is 2.39. The molecule has 0 aromatic carbocycles. The zero-order chi connectivity index (χ0) is 14.5. The number of rotatable bonds is 5. The number of piperidine rings is 1. The van der Waals surface area contributed by atoms with Crippen LogP contribution in [0.5, 0.6) is 0 Å². The van der Waals surface area contributed by atoms with Crippen molar-refractivity contribution in [1.29, 1.82) is 0 Å². The van der Waals surface area contributed by atoms with E-state index >= 15 is 0 Å². The summed E-state index contributed by atoms with van der Waals surface area (Å²) < 4.78 is 5.03. The van der Waals surface area contributed by atoms with Gasteiger partial charge in [0.1, 0.15) is 6.61 Å². The van der Waals surface area contributed by atoms with Crippen LogP contribution in [0.4, 0.5) is 0 Å². The van der Waals surface area contributed by atoms with Crippen molar-refractivity contribution in [1.82, 2.24) is 25.1 Å². The molecule has 1 N–H and O–H groups in total. The van der Waals surface area contributed by atoms with Gasteiger partial charge in [-0.3, -0.25) is 10.00 Å². The van der Waals surface area contributed by atoms with Gasteiger partial charge in [-0.15, -0.1) is 0 Å². The van der Waals surface area contributed by atoms with Crippen LogP contribution in [0, 0.1) is 0 Å². The molecule has 0 spiro atoms. The highest BCUT2D eigenvalue weighted by Crippen LogP contribution is 2.25. The summed E-state index contributed by atoms with van der Waals surface area (Å²) in [6.45, 7) is 3.55. The van der Waals surface area contributed by atoms with Crippen molar-refractivity contribution in [3.63, 3.8) is 0 Å². The molecule has 6 heteroatoms. The molecule has 3 rings (SSSR count). The van der Waals surface area contributed by atoms with Crippen LogP contribution in [-0.2, 0) is 17.9 Å². The Morgan fingerprint density at radius 2 is 2.24 bits per heavy atom. The van der Waals surface area contributed by atoms with Crippen molar-refractivity contribution in [2.45, 2.75) is 31.9 Å². The number of likely N-dealkylation sites (tertiary alicyclic amines) is 1. The van der Waals surface area contributed by atoms with Crippen molar-refractivity contribution >= 4 is 0 Å². The largest absolute Gasteiger partial charge is 0.377 e. The van der Waals surface area contributed by atoms with E-state index in [1.54, 1.807) is 7.11 Å². The van der Waals surface area contributed by atoms with E-state index in [1.807, 2.05) is 18.6 Å². The molecule has 0 amide bonds. The van der Waals surface area contributed by atoms with Crippen molar-refractivity contribution < 1.29 is 4.74 Å². The lowest BCUT2D eigenvalue weighted by Gasteiger charge is -2.32. The van der Waals surface area contributed by atoms with Crippen LogP contribution < -0.4 is 0 Å². The highest BCUT2D eigenvalue weighted by molar-refractivity contribution is 5.09. The van der Waals surface area contributed by atoms with E-state index in [1.165, 1.54) is 18.5 Å².